The van der Waals surface area contributed by atoms with Crippen LogP contribution in [0.4, 0.5) is 0 Å². The van der Waals surface area contributed by atoms with Crippen molar-refractivity contribution in [2.45, 2.75) is 118 Å². The Morgan fingerprint density at radius 2 is 1.00 bits per heavy atom. The van der Waals surface area contributed by atoms with Gasteiger partial charge in [-0.2, -0.15) is 0 Å². The summed E-state index contributed by atoms with van der Waals surface area (Å²) >= 11 is 0. The van der Waals surface area contributed by atoms with Crippen molar-refractivity contribution in [1.29, 1.82) is 0 Å². The van der Waals surface area contributed by atoms with E-state index in [2.05, 4.69) is 69.2 Å². The van der Waals surface area contributed by atoms with Gasteiger partial charge >= 0.3 is 0 Å². The molecule has 0 radical (unpaired) electrons. The average molecular weight is 289 g/mol. The molecule has 0 fully saturated rings. The van der Waals surface area contributed by atoms with Crippen LogP contribution in [0.15, 0.2) is 0 Å². The van der Waals surface area contributed by atoms with Gasteiger partial charge in [-0.3, -0.25) is 0 Å². The van der Waals surface area contributed by atoms with Crippen LogP contribution in [0.5, 0.6) is 0 Å². The van der Waals surface area contributed by atoms with Gasteiger partial charge in [-0.05, 0) is 68.2 Å². The highest BCUT2D eigenvalue weighted by atomic mass is 16.5. The lowest BCUT2D eigenvalue weighted by atomic mass is 10.1. The Morgan fingerprint density at radius 3 is 1.15 bits per heavy atom. The van der Waals surface area contributed by atoms with Crippen LogP contribution in [0.3, 0.4) is 0 Å². The summed E-state index contributed by atoms with van der Waals surface area (Å²) in [7, 11) is 0. The van der Waals surface area contributed by atoms with Gasteiger partial charge in [0.2, 0.25) is 0 Å². The van der Waals surface area contributed by atoms with Gasteiger partial charge in [0.1, 0.15) is 0 Å². The highest BCUT2D eigenvalue weighted by Crippen LogP contribution is 2.18. The number of hydrogen-bond acceptors (Lipinski definition) is 2. The van der Waals surface area contributed by atoms with E-state index >= 15 is 0 Å². The van der Waals surface area contributed by atoms with E-state index < -0.39 is 0 Å². The third kappa shape index (κ3) is 20.2. The molecular weight excluding hydrogens is 248 g/mol. The Labute approximate surface area is 128 Å². The first-order chi connectivity index (χ1) is 8.91. The summed E-state index contributed by atoms with van der Waals surface area (Å²) in [6, 6.07) is 0. The summed E-state index contributed by atoms with van der Waals surface area (Å²) in [4.78, 5) is 0. The molecule has 0 rings (SSSR count). The van der Waals surface area contributed by atoms with Crippen LogP contribution in [0.2, 0.25) is 0 Å². The molecule has 0 saturated carbocycles. The van der Waals surface area contributed by atoms with Crippen molar-refractivity contribution in [3.63, 3.8) is 0 Å². The molecule has 20 heavy (non-hydrogen) atoms. The quantitative estimate of drug-likeness (QED) is 0.598. The topological polar surface area (TPSA) is 18.5 Å². The summed E-state index contributed by atoms with van der Waals surface area (Å²) in [5, 5.41) is 0. The summed E-state index contributed by atoms with van der Waals surface area (Å²) in [5.74, 6) is 0. The molecule has 0 spiro atoms. The SMILES string of the molecule is CC(C)(C)OC(C)(C)C.CCCC(C)OC(C)CCC. The smallest absolute Gasteiger partial charge is 0.0605 e. The maximum absolute atomic E-state index is 5.73. The molecule has 0 amide bonds. The van der Waals surface area contributed by atoms with E-state index in [0.29, 0.717) is 12.2 Å². The normalized spacial score (nSPS) is 15.3. The molecule has 0 saturated heterocycles. The first kappa shape index (κ1) is 22.2. The molecule has 2 unspecified atom stereocenters. The van der Waals surface area contributed by atoms with Crippen molar-refractivity contribution in [2.24, 2.45) is 0 Å². The zero-order chi connectivity index (χ0) is 16.4. The lowest BCUT2D eigenvalue weighted by Crippen LogP contribution is -2.31. The summed E-state index contributed by atoms with van der Waals surface area (Å²) < 4.78 is 11.4. The molecule has 124 valence electrons. The Kier molecular flexibility index (Phi) is 11.8. The third-order valence-corrected chi connectivity index (χ3v) is 2.47. The van der Waals surface area contributed by atoms with Gasteiger partial charge in [0.05, 0.1) is 23.4 Å². The highest BCUT2D eigenvalue weighted by Gasteiger charge is 2.19. The van der Waals surface area contributed by atoms with Crippen LogP contribution in [0, 0.1) is 0 Å². The van der Waals surface area contributed by atoms with Crippen molar-refractivity contribution in [3.05, 3.63) is 0 Å². The van der Waals surface area contributed by atoms with Gasteiger partial charge < -0.3 is 9.47 Å². The minimum atomic E-state index is -0.0156. The molecule has 0 heterocycles. The summed E-state index contributed by atoms with van der Waals surface area (Å²) in [5.41, 5.74) is -0.0312. The highest BCUT2D eigenvalue weighted by molar-refractivity contribution is 4.68. The van der Waals surface area contributed by atoms with Crippen LogP contribution < -0.4 is 0 Å². The largest absolute Gasteiger partial charge is 0.376 e. The van der Waals surface area contributed by atoms with Gasteiger partial charge in [0, 0.05) is 0 Å². The van der Waals surface area contributed by atoms with Crippen molar-refractivity contribution in [1.82, 2.24) is 0 Å². The predicted octanol–water partition coefficient (Wildman–Crippen LogP) is 5.98. The molecule has 0 aliphatic carbocycles. The lowest BCUT2D eigenvalue weighted by Gasteiger charge is -2.30. The zero-order valence-corrected chi connectivity index (χ0v) is 15.8. The molecule has 0 N–H and O–H groups in total. The van der Waals surface area contributed by atoms with Crippen LogP contribution >= 0.6 is 0 Å². The monoisotopic (exact) mass is 288 g/mol. The van der Waals surface area contributed by atoms with E-state index in [1.807, 2.05) is 0 Å². The lowest BCUT2D eigenvalue weighted by molar-refractivity contribution is -0.102. The molecule has 0 aliphatic heterocycles. The van der Waals surface area contributed by atoms with Gasteiger partial charge in [-0.25, -0.2) is 0 Å². The molecule has 2 nitrogen and oxygen atoms in total. The van der Waals surface area contributed by atoms with E-state index in [1.54, 1.807) is 0 Å². The number of ether oxygens (including phenoxy) is 2. The van der Waals surface area contributed by atoms with Crippen molar-refractivity contribution < 1.29 is 9.47 Å². The molecule has 0 bridgehead atoms. The summed E-state index contributed by atoms with van der Waals surface area (Å²) in [6.45, 7) is 21.1. The van der Waals surface area contributed by atoms with E-state index in [4.69, 9.17) is 9.47 Å². The van der Waals surface area contributed by atoms with Crippen molar-refractivity contribution >= 4 is 0 Å². The molecule has 0 aromatic heterocycles. The molecule has 0 aromatic rings. The Morgan fingerprint density at radius 1 is 0.700 bits per heavy atom. The van der Waals surface area contributed by atoms with Crippen molar-refractivity contribution in [2.75, 3.05) is 0 Å². The summed E-state index contributed by atoms with van der Waals surface area (Å²) in [6.07, 6.45) is 5.71. The van der Waals surface area contributed by atoms with E-state index in [1.165, 1.54) is 25.7 Å². The average Bonchev–Trinajstić information content (AvgIpc) is 2.12. The van der Waals surface area contributed by atoms with Gasteiger partial charge in [0.25, 0.3) is 0 Å². The minimum absolute atomic E-state index is 0.0156. The first-order valence-electron chi connectivity index (χ1n) is 8.27. The molecule has 2 heteroatoms. The van der Waals surface area contributed by atoms with E-state index in [0.717, 1.165) is 0 Å². The minimum Gasteiger partial charge on any atom is -0.376 e. The second-order valence-electron chi connectivity index (χ2n) is 7.66. The van der Waals surface area contributed by atoms with Crippen LogP contribution in [-0.2, 0) is 9.47 Å². The first-order valence-corrected chi connectivity index (χ1v) is 8.27. The second-order valence-corrected chi connectivity index (χ2v) is 7.66. The fourth-order valence-corrected chi connectivity index (χ4v) is 2.26. The standard InChI is InChI=1S/C10H22O.C8H18O/c1-5-7-9(3)11-10(4)8-6-2;1-7(2,3)9-8(4,5)6/h9-10H,5-8H2,1-4H3;1-6H3. The van der Waals surface area contributed by atoms with Gasteiger partial charge in [0.15, 0.2) is 0 Å². The fraction of sp³-hybridized carbons (Fsp3) is 1.00. The molecular formula is C18H40O2. The number of rotatable bonds is 6. The second kappa shape index (κ2) is 10.6. The Balaban J connectivity index is 0. The maximum atomic E-state index is 5.73. The van der Waals surface area contributed by atoms with Crippen molar-refractivity contribution in [3.8, 4) is 0 Å². The van der Waals surface area contributed by atoms with Crippen LogP contribution in [0.1, 0.15) is 94.9 Å². The Hall–Kier alpha value is -0.0800. The number of hydrogen-bond donors (Lipinski definition) is 0. The maximum Gasteiger partial charge on any atom is 0.0605 e. The third-order valence-electron chi connectivity index (χ3n) is 2.47. The molecule has 0 aromatic carbocycles. The van der Waals surface area contributed by atoms with Gasteiger partial charge in [-0.1, -0.05) is 26.7 Å². The van der Waals surface area contributed by atoms with E-state index in [-0.39, 0.29) is 11.2 Å². The Bertz CT molecular complexity index is 188. The van der Waals surface area contributed by atoms with Gasteiger partial charge in [-0.15, -0.1) is 0 Å². The molecule has 0 aliphatic rings. The van der Waals surface area contributed by atoms with Crippen LogP contribution in [-0.4, -0.2) is 23.4 Å². The predicted molar refractivity (Wildman–Crippen MR) is 90.4 cm³/mol. The van der Waals surface area contributed by atoms with E-state index in [9.17, 15) is 0 Å². The van der Waals surface area contributed by atoms with Crippen LogP contribution in [0.25, 0.3) is 0 Å². The zero-order valence-electron chi connectivity index (χ0n) is 15.8. The molecule has 2 atom stereocenters. The fourth-order valence-electron chi connectivity index (χ4n) is 2.26.